The van der Waals surface area contributed by atoms with Crippen LogP contribution in [-0.2, 0) is 23.7 Å². The molecule has 4 atom stereocenters. The molecule has 6 heteroatoms. The Bertz CT molecular complexity index is 324. The summed E-state index contributed by atoms with van der Waals surface area (Å²) in [5.74, 6) is 0. The van der Waals surface area contributed by atoms with Crippen molar-refractivity contribution in [1.29, 1.82) is 0 Å². The average molecular weight is 332 g/mol. The van der Waals surface area contributed by atoms with Gasteiger partial charge in [0.2, 0.25) is 0 Å². The van der Waals surface area contributed by atoms with E-state index in [4.69, 9.17) is 23.7 Å². The van der Waals surface area contributed by atoms with Crippen LogP contribution in [0, 0.1) is 0 Å². The van der Waals surface area contributed by atoms with E-state index < -0.39 is 11.9 Å². The van der Waals surface area contributed by atoms with Gasteiger partial charge in [0.15, 0.2) is 6.29 Å². The molecule has 0 aromatic rings. The fourth-order valence-electron chi connectivity index (χ4n) is 2.74. The van der Waals surface area contributed by atoms with Crippen LogP contribution in [0.1, 0.15) is 33.1 Å². The lowest BCUT2D eigenvalue weighted by atomic mass is 9.88. The average Bonchev–Trinajstić information content (AvgIpc) is 2.51. The molecule has 1 aliphatic rings. The Kier molecular flexibility index (Phi) is 9.94. The zero-order valence-electron chi connectivity index (χ0n) is 14.7. The van der Waals surface area contributed by atoms with Crippen LogP contribution < -0.4 is 0 Å². The summed E-state index contributed by atoms with van der Waals surface area (Å²) in [7, 11) is 1.64. The fraction of sp³-hybridized carbons (Fsp3) is 0.882. The van der Waals surface area contributed by atoms with Gasteiger partial charge in [-0.3, -0.25) is 0 Å². The molecule has 0 amide bonds. The Morgan fingerprint density at radius 3 is 2.52 bits per heavy atom. The number of rotatable bonds is 12. The number of ether oxygens (including phenoxy) is 5. The summed E-state index contributed by atoms with van der Waals surface area (Å²) in [6.07, 6.45) is 2.60. The Morgan fingerprint density at radius 2 is 1.87 bits per heavy atom. The van der Waals surface area contributed by atoms with Gasteiger partial charge in [-0.2, -0.15) is 0 Å². The highest BCUT2D eigenvalue weighted by atomic mass is 16.6. The Morgan fingerprint density at radius 1 is 1.22 bits per heavy atom. The van der Waals surface area contributed by atoms with E-state index >= 15 is 0 Å². The predicted molar refractivity (Wildman–Crippen MR) is 87.4 cm³/mol. The molecule has 2 unspecified atom stereocenters. The van der Waals surface area contributed by atoms with E-state index in [2.05, 4.69) is 6.58 Å². The van der Waals surface area contributed by atoms with Crippen LogP contribution in [0.15, 0.2) is 12.7 Å². The topological polar surface area (TPSA) is 66.4 Å². The minimum absolute atomic E-state index is 0.205. The summed E-state index contributed by atoms with van der Waals surface area (Å²) in [5.41, 5.74) is -0.541. The van der Waals surface area contributed by atoms with Crippen LogP contribution in [0.5, 0.6) is 0 Å². The molecule has 1 aliphatic heterocycles. The van der Waals surface area contributed by atoms with Crippen LogP contribution in [-0.4, -0.2) is 69.3 Å². The Hall–Kier alpha value is -0.500. The van der Waals surface area contributed by atoms with Gasteiger partial charge < -0.3 is 28.8 Å². The van der Waals surface area contributed by atoms with Crippen molar-refractivity contribution in [3.05, 3.63) is 12.7 Å². The third-order valence-corrected chi connectivity index (χ3v) is 3.99. The first-order chi connectivity index (χ1) is 11.0. The van der Waals surface area contributed by atoms with E-state index in [1.807, 2.05) is 13.8 Å². The molecule has 1 heterocycles. The smallest absolute Gasteiger partial charge is 0.157 e. The number of aliphatic hydroxyl groups excluding tert-OH is 1. The summed E-state index contributed by atoms with van der Waals surface area (Å²) in [4.78, 5) is 0. The van der Waals surface area contributed by atoms with Crippen molar-refractivity contribution in [3.63, 3.8) is 0 Å². The Balaban J connectivity index is 2.13. The van der Waals surface area contributed by atoms with Crippen molar-refractivity contribution >= 4 is 0 Å². The van der Waals surface area contributed by atoms with Gasteiger partial charge >= 0.3 is 0 Å². The molecule has 136 valence electrons. The molecule has 23 heavy (non-hydrogen) atoms. The first kappa shape index (κ1) is 20.5. The zero-order valence-corrected chi connectivity index (χ0v) is 14.7. The Labute approximate surface area is 139 Å². The maximum Gasteiger partial charge on any atom is 0.157 e. The second-order valence-corrected chi connectivity index (χ2v) is 5.99. The molecule has 1 saturated heterocycles. The molecule has 1 rings (SSSR count). The van der Waals surface area contributed by atoms with E-state index in [0.29, 0.717) is 39.5 Å². The van der Waals surface area contributed by atoms with Crippen molar-refractivity contribution in [2.24, 2.45) is 0 Å². The van der Waals surface area contributed by atoms with Crippen LogP contribution in [0.4, 0.5) is 0 Å². The standard InChI is InChI=1S/C17H32O6/c1-5-8-20-9-6-10-21-11-7-12-22-16-14(2)23-15(18)13-17(16,3)19-4/h5,14-16,18H,1,6-13H2,2-4H3/t14?,15-,16-,17?/m1/s1. The molecule has 0 aliphatic carbocycles. The largest absolute Gasteiger partial charge is 0.381 e. The monoisotopic (exact) mass is 332 g/mol. The molecule has 6 nitrogen and oxygen atoms in total. The second kappa shape index (κ2) is 11.1. The minimum atomic E-state index is -0.804. The first-order valence-corrected chi connectivity index (χ1v) is 8.30. The summed E-state index contributed by atoms with van der Waals surface area (Å²) >= 11 is 0. The molecular formula is C17H32O6. The maximum atomic E-state index is 9.72. The quantitative estimate of drug-likeness (QED) is 0.435. The number of aliphatic hydroxyl groups is 1. The van der Waals surface area contributed by atoms with Gasteiger partial charge in [-0.1, -0.05) is 6.08 Å². The SMILES string of the molecule is C=CCOCCCOCCCO[C@@H]1C(C)O[C@@H](O)CC1(C)OC. The molecule has 0 aromatic carbocycles. The number of hydrogen-bond donors (Lipinski definition) is 1. The molecule has 1 fully saturated rings. The van der Waals surface area contributed by atoms with Gasteiger partial charge in [0.1, 0.15) is 6.10 Å². The van der Waals surface area contributed by atoms with Crippen molar-refractivity contribution in [2.75, 3.05) is 40.1 Å². The number of methoxy groups -OCH3 is 1. The summed E-state index contributed by atoms with van der Waals surface area (Å²) in [5, 5.41) is 9.72. The lowest BCUT2D eigenvalue weighted by Gasteiger charge is -2.45. The number of hydrogen-bond acceptors (Lipinski definition) is 6. The van der Waals surface area contributed by atoms with Gasteiger partial charge in [0.05, 0.1) is 18.3 Å². The minimum Gasteiger partial charge on any atom is -0.381 e. The molecule has 0 spiro atoms. The van der Waals surface area contributed by atoms with Crippen molar-refractivity contribution in [1.82, 2.24) is 0 Å². The van der Waals surface area contributed by atoms with E-state index in [0.717, 1.165) is 12.8 Å². The lowest BCUT2D eigenvalue weighted by molar-refractivity contribution is -0.274. The van der Waals surface area contributed by atoms with Crippen LogP contribution in [0.25, 0.3) is 0 Å². The maximum absolute atomic E-state index is 9.72. The molecular weight excluding hydrogens is 300 g/mol. The van der Waals surface area contributed by atoms with Crippen LogP contribution in [0.3, 0.4) is 0 Å². The normalized spacial score (nSPS) is 31.2. The van der Waals surface area contributed by atoms with Gasteiger partial charge in [0, 0.05) is 40.0 Å². The summed E-state index contributed by atoms with van der Waals surface area (Å²) in [6, 6.07) is 0. The van der Waals surface area contributed by atoms with Gasteiger partial charge in [-0.25, -0.2) is 0 Å². The van der Waals surface area contributed by atoms with Crippen LogP contribution >= 0.6 is 0 Å². The predicted octanol–water partition coefficient (Wildman–Crippen LogP) is 1.90. The molecule has 1 N–H and O–H groups in total. The summed E-state index contributed by atoms with van der Waals surface area (Å²) in [6.45, 7) is 10.6. The highest BCUT2D eigenvalue weighted by Gasteiger charge is 2.46. The molecule has 0 saturated carbocycles. The van der Waals surface area contributed by atoms with Gasteiger partial charge in [0.25, 0.3) is 0 Å². The van der Waals surface area contributed by atoms with E-state index in [1.54, 1.807) is 13.2 Å². The van der Waals surface area contributed by atoms with Gasteiger partial charge in [-0.15, -0.1) is 6.58 Å². The highest BCUT2D eigenvalue weighted by Crippen LogP contribution is 2.33. The molecule has 0 aromatic heterocycles. The van der Waals surface area contributed by atoms with Crippen molar-refractivity contribution in [2.45, 2.75) is 57.2 Å². The van der Waals surface area contributed by atoms with Crippen LogP contribution in [0.2, 0.25) is 0 Å². The van der Waals surface area contributed by atoms with Gasteiger partial charge in [-0.05, 0) is 26.7 Å². The summed E-state index contributed by atoms with van der Waals surface area (Å²) < 4.78 is 27.7. The molecule has 0 bridgehead atoms. The zero-order chi connectivity index (χ0) is 17.1. The second-order valence-electron chi connectivity index (χ2n) is 5.99. The van der Waals surface area contributed by atoms with Crippen molar-refractivity contribution in [3.8, 4) is 0 Å². The van der Waals surface area contributed by atoms with E-state index in [1.165, 1.54) is 0 Å². The molecule has 0 radical (unpaired) electrons. The fourth-order valence-corrected chi connectivity index (χ4v) is 2.74. The first-order valence-electron chi connectivity index (χ1n) is 8.30. The third-order valence-electron chi connectivity index (χ3n) is 3.99. The van der Waals surface area contributed by atoms with E-state index in [9.17, 15) is 5.11 Å². The van der Waals surface area contributed by atoms with Crippen molar-refractivity contribution < 1.29 is 28.8 Å². The lowest BCUT2D eigenvalue weighted by Crippen LogP contribution is -2.57. The third kappa shape index (κ3) is 7.28. The highest BCUT2D eigenvalue weighted by molar-refractivity contribution is 4.93. The van der Waals surface area contributed by atoms with E-state index in [-0.39, 0.29) is 12.2 Å².